The molecule has 0 aliphatic carbocycles. The van der Waals surface area contributed by atoms with Gasteiger partial charge in [0.05, 0.1) is 18.2 Å². The van der Waals surface area contributed by atoms with E-state index in [4.69, 9.17) is 32.6 Å². The summed E-state index contributed by atoms with van der Waals surface area (Å²) in [5.74, 6) is 3.43. The number of benzene rings is 1. The first-order valence-electron chi connectivity index (χ1n) is 6.06. The van der Waals surface area contributed by atoms with Gasteiger partial charge in [0, 0.05) is 13.1 Å². The quantitative estimate of drug-likeness (QED) is 0.565. The van der Waals surface area contributed by atoms with Gasteiger partial charge in [-0.15, -0.1) is 6.42 Å². The zero-order valence-electron chi connectivity index (χ0n) is 10.9. The second-order valence-corrected chi connectivity index (χ2v) is 4.14. The molecule has 0 aliphatic heterocycles. The molecule has 0 bridgehead atoms. The molecule has 1 rings (SSSR count). The Morgan fingerprint density at radius 2 is 2.21 bits per heavy atom. The van der Waals surface area contributed by atoms with Crippen LogP contribution in [0.1, 0.15) is 12.5 Å². The summed E-state index contributed by atoms with van der Waals surface area (Å²) in [6.45, 7) is 3.75. The molecule has 5 heteroatoms. The number of nitrogens with one attached hydrogen (secondary N) is 1. The molecule has 1 aromatic carbocycles. The van der Waals surface area contributed by atoms with E-state index in [1.165, 1.54) is 0 Å². The number of terminal acetylenes is 1. The van der Waals surface area contributed by atoms with Gasteiger partial charge in [-0.25, -0.2) is 0 Å². The molecule has 0 spiro atoms. The summed E-state index contributed by atoms with van der Waals surface area (Å²) in [6.07, 6.45) is 5.17. The molecule has 4 nitrogen and oxygen atoms in total. The van der Waals surface area contributed by atoms with Gasteiger partial charge in [-0.1, -0.05) is 17.5 Å². The lowest BCUT2D eigenvalue weighted by atomic mass is 10.2. The van der Waals surface area contributed by atoms with Crippen LogP contribution in [-0.4, -0.2) is 31.5 Å². The third-order valence-electron chi connectivity index (χ3n) is 2.29. The third-order valence-corrected chi connectivity index (χ3v) is 2.57. The molecule has 0 atom stereocenters. The van der Waals surface area contributed by atoms with Crippen molar-refractivity contribution >= 4 is 11.6 Å². The van der Waals surface area contributed by atoms with Crippen LogP contribution in [-0.2, 0) is 6.54 Å². The molecule has 0 saturated carbocycles. The van der Waals surface area contributed by atoms with Crippen LogP contribution >= 0.6 is 11.6 Å². The number of ether oxygens (including phenoxy) is 2. The normalized spacial score (nSPS) is 10.0. The van der Waals surface area contributed by atoms with Gasteiger partial charge >= 0.3 is 0 Å². The average molecular weight is 284 g/mol. The van der Waals surface area contributed by atoms with Crippen molar-refractivity contribution in [3.63, 3.8) is 0 Å². The Morgan fingerprint density at radius 3 is 2.84 bits per heavy atom. The maximum Gasteiger partial charge on any atom is 0.181 e. The fourth-order valence-electron chi connectivity index (χ4n) is 1.55. The zero-order valence-corrected chi connectivity index (χ0v) is 11.7. The summed E-state index contributed by atoms with van der Waals surface area (Å²) in [4.78, 5) is 0. The molecule has 0 amide bonds. The Hall–Kier alpha value is -1.41. The van der Waals surface area contributed by atoms with Crippen LogP contribution in [0.4, 0.5) is 0 Å². The number of aliphatic hydroxyl groups is 1. The Kier molecular flexibility index (Phi) is 7.12. The highest BCUT2D eigenvalue weighted by atomic mass is 35.5. The van der Waals surface area contributed by atoms with E-state index in [0.29, 0.717) is 36.2 Å². The number of halogens is 1. The van der Waals surface area contributed by atoms with Gasteiger partial charge in [-0.05, 0) is 24.6 Å². The largest absolute Gasteiger partial charge is 0.490 e. The molecule has 0 radical (unpaired) electrons. The molecule has 0 aliphatic rings. The fraction of sp³-hybridized carbons (Fsp3) is 0.429. The maximum absolute atomic E-state index is 8.73. The van der Waals surface area contributed by atoms with E-state index in [1.807, 2.05) is 13.0 Å². The molecule has 2 N–H and O–H groups in total. The molecule has 0 heterocycles. The van der Waals surface area contributed by atoms with Crippen molar-refractivity contribution in [2.75, 3.05) is 26.4 Å². The van der Waals surface area contributed by atoms with Crippen molar-refractivity contribution in [1.82, 2.24) is 5.32 Å². The topological polar surface area (TPSA) is 50.7 Å². The fourth-order valence-corrected chi connectivity index (χ4v) is 1.84. The van der Waals surface area contributed by atoms with Crippen molar-refractivity contribution in [2.24, 2.45) is 0 Å². The molecule has 0 aromatic heterocycles. The van der Waals surface area contributed by atoms with E-state index in [1.54, 1.807) is 6.07 Å². The zero-order chi connectivity index (χ0) is 14.1. The van der Waals surface area contributed by atoms with Gasteiger partial charge < -0.3 is 19.9 Å². The van der Waals surface area contributed by atoms with Crippen LogP contribution in [0.15, 0.2) is 12.1 Å². The van der Waals surface area contributed by atoms with E-state index < -0.39 is 0 Å². The van der Waals surface area contributed by atoms with Crippen LogP contribution in [0.3, 0.4) is 0 Å². The highest BCUT2D eigenvalue weighted by molar-refractivity contribution is 6.32. The molecular formula is C14H18ClNO3. The van der Waals surface area contributed by atoms with Crippen LogP contribution in [0.25, 0.3) is 0 Å². The van der Waals surface area contributed by atoms with Crippen LogP contribution in [0.2, 0.25) is 5.02 Å². The number of aliphatic hydroxyl groups excluding tert-OH is 1. The lowest BCUT2D eigenvalue weighted by molar-refractivity contribution is 0.291. The minimum absolute atomic E-state index is 0.0927. The van der Waals surface area contributed by atoms with Gasteiger partial charge in [-0.2, -0.15) is 0 Å². The predicted molar refractivity (Wildman–Crippen MR) is 75.7 cm³/mol. The average Bonchev–Trinajstić information content (AvgIpc) is 2.38. The minimum atomic E-state index is 0.0927. The number of rotatable bonds is 8. The van der Waals surface area contributed by atoms with Gasteiger partial charge in [0.15, 0.2) is 11.5 Å². The minimum Gasteiger partial charge on any atom is -0.490 e. The van der Waals surface area contributed by atoms with E-state index in [0.717, 1.165) is 5.56 Å². The molecule has 0 saturated heterocycles. The highest BCUT2D eigenvalue weighted by Gasteiger charge is 2.12. The molecule has 1 aromatic rings. The van der Waals surface area contributed by atoms with Gasteiger partial charge in [0.2, 0.25) is 0 Å². The lowest BCUT2D eigenvalue weighted by Gasteiger charge is -2.14. The Morgan fingerprint density at radius 1 is 1.42 bits per heavy atom. The molecular weight excluding hydrogens is 266 g/mol. The first kappa shape index (κ1) is 15.6. The smallest absolute Gasteiger partial charge is 0.181 e. The van der Waals surface area contributed by atoms with Crippen molar-refractivity contribution < 1.29 is 14.6 Å². The predicted octanol–water partition coefficient (Wildman–Crippen LogP) is 1.83. The molecule has 104 valence electrons. The third kappa shape index (κ3) is 4.99. The summed E-state index contributed by atoms with van der Waals surface area (Å²) < 4.78 is 10.9. The van der Waals surface area contributed by atoms with Crippen molar-refractivity contribution in [1.29, 1.82) is 0 Å². The van der Waals surface area contributed by atoms with Crippen LogP contribution < -0.4 is 14.8 Å². The van der Waals surface area contributed by atoms with Gasteiger partial charge in [-0.3, -0.25) is 0 Å². The molecule has 19 heavy (non-hydrogen) atoms. The van der Waals surface area contributed by atoms with E-state index in [2.05, 4.69) is 11.2 Å². The first-order chi connectivity index (χ1) is 9.22. The monoisotopic (exact) mass is 283 g/mol. The summed E-state index contributed by atoms with van der Waals surface area (Å²) in [7, 11) is 0. The number of hydrogen-bond acceptors (Lipinski definition) is 4. The van der Waals surface area contributed by atoms with E-state index in [9.17, 15) is 0 Å². The summed E-state index contributed by atoms with van der Waals surface area (Å²) in [5.41, 5.74) is 0.954. The second-order valence-electron chi connectivity index (χ2n) is 3.73. The highest BCUT2D eigenvalue weighted by Crippen LogP contribution is 2.36. The van der Waals surface area contributed by atoms with Gasteiger partial charge in [0.1, 0.15) is 6.61 Å². The van der Waals surface area contributed by atoms with E-state index >= 15 is 0 Å². The Bertz CT molecular complexity index is 443. The van der Waals surface area contributed by atoms with E-state index in [-0.39, 0.29) is 13.2 Å². The van der Waals surface area contributed by atoms with Crippen molar-refractivity contribution in [2.45, 2.75) is 13.5 Å². The maximum atomic E-state index is 8.73. The summed E-state index contributed by atoms with van der Waals surface area (Å²) >= 11 is 6.17. The number of hydrogen-bond donors (Lipinski definition) is 2. The van der Waals surface area contributed by atoms with Crippen molar-refractivity contribution in [3.05, 3.63) is 22.7 Å². The lowest BCUT2D eigenvalue weighted by Crippen LogP contribution is -2.17. The molecule has 0 fully saturated rings. The van der Waals surface area contributed by atoms with Crippen LogP contribution in [0.5, 0.6) is 11.5 Å². The second kappa shape index (κ2) is 8.65. The Labute approximate surface area is 118 Å². The SMILES string of the molecule is C#CCOc1c(Cl)cc(CNCCO)cc1OCC. The summed E-state index contributed by atoms with van der Waals surface area (Å²) in [5, 5.41) is 12.3. The first-order valence-corrected chi connectivity index (χ1v) is 6.43. The standard InChI is InChI=1S/C14H18ClNO3/c1-3-7-19-14-12(15)8-11(10-16-5-6-17)9-13(14)18-4-2/h1,8-9,16-17H,4-7,10H2,2H3. The molecule has 0 unspecified atom stereocenters. The summed E-state index contributed by atoms with van der Waals surface area (Å²) in [6, 6.07) is 3.64. The van der Waals surface area contributed by atoms with Crippen LogP contribution in [0, 0.1) is 12.3 Å². The van der Waals surface area contributed by atoms with Crippen molar-refractivity contribution in [3.8, 4) is 23.8 Å². The van der Waals surface area contributed by atoms with Gasteiger partial charge in [0.25, 0.3) is 0 Å². The Balaban J connectivity index is 2.89.